The van der Waals surface area contributed by atoms with Gasteiger partial charge in [0.1, 0.15) is 23.4 Å². The smallest absolute Gasteiger partial charge is 0.138 e. The molecule has 0 saturated heterocycles. The number of ether oxygens (including phenoxy) is 2. The van der Waals surface area contributed by atoms with E-state index in [2.05, 4.69) is 35.7 Å². The Labute approximate surface area is 176 Å². The second kappa shape index (κ2) is 15.9. The minimum absolute atomic E-state index is 0.591. The van der Waals surface area contributed by atoms with Crippen molar-refractivity contribution in [3.05, 3.63) is 84.9 Å². The lowest BCUT2D eigenvalue weighted by atomic mass is 10.3. The van der Waals surface area contributed by atoms with Gasteiger partial charge in [-0.3, -0.25) is 0 Å². The van der Waals surface area contributed by atoms with Crippen molar-refractivity contribution in [1.82, 2.24) is 0 Å². The Morgan fingerprint density at radius 3 is 1.18 bits per heavy atom. The van der Waals surface area contributed by atoms with Gasteiger partial charge in [0, 0.05) is 9.79 Å². The van der Waals surface area contributed by atoms with E-state index in [1.807, 2.05) is 60.7 Å². The molecule has 4 nitrogen and oxygen atoms in total. The minimum atomic E-state index is 0.591. The van der Waals surface area contributed by atoms with E-state index < -0.39 is 0 Å². The first-order valence-electron chi connectivity index (χ1n) is 8.77. The molecule has 0 aromatic heterocycles. The molecule has 3 aromatic rings. The second-order valence-corrected chi connectivity index (χ2v) is 6.90. The summed E-state index contributed by atoms with van der Waals surface area (Å²) in [4.78, 5) is 2.41. The van der Waals surface area contributed by atoms with Crippen LogP contribution in [0, 0.1) is 0 Å². The fourth-order valence-electron chi connectivity index (χ4n) is 2.00. The summed E-state index contributed by atoms with van der Waals surface area (Å²) >= 11 is 3.35. The molecule has 28 heavy (non-hydrogen) atoms. The van der Waals surface area contributed by atoms with E-state index in [1.54, 1.807) is 23.5 Å². The van der Waals surface area contributed by atoms with Crippen molar-refractivity contribution in [3.8, 4) is 11.5 Å². The first kappa shape index (κ1) is 23.9. The van der Waals surface area contributed by atoms with E-state index in [0.29, 0.717) is 11.9 Å². The van der Waals surface area contributed by atoms with Gasteiger partial charge >= 0.3 is 0 Å². The highest BCUT2D eigenvalue weighted by Gasteiger charge is 1.99. The Hall–Kier alpha value is -2.12. The lowest BCUT2D eigenvalue weighted by Gasteiger charge is -2.08. The van der Waals surface area contributed by atoms with Crippen LogP contribution in [-0.2, 0) is 0 Å². The molecule has 0 heterocycles. The molecular weight excluding hydrogens is 388 g/mol. The zero-order valence-corrected chi connectivity index (χ0v) is 17.9. The number of benzene rings is 3. The van der Waals surface area contributed by atoms with Gasteiger partial charge in [-0.15, -0.1) is 0 Å². The van der Waals surface area contributed by atoms with Gasteiger partial charge < -0.3 is 20.9 Å². The van der Waals surface area contributed by atoms with Crippen molar-refractivity contribution in [2.45, 2.75) is 9.79 Å². The Bertz CT molecular complexity index is 662. The van der Waals surface area contributed by atoms with Crippen LogP contribution < -0.4 is 20.9 Å². The summed E-state index contributed by atoms with van der Waals surface area (Å²) in [5.41, 5.74) is 9.00. The largest absolute Gasteiger partial charge is 0.483 e. The second-order valence-electron chi connectivity index (χ2n) is 4.91. The van der Waals surface area contributed by atoms with E-state index >= 15 is 0 Å². The van der Waals surface area contributed by atoms with Crippen molar-refractivity contribution in [2.75, 3.05) is 26.0 Å². The average Bonchev–Trinajstić information content (AvgIpc) is 2.79. The highest BCUT2D eigenvalue weighted by atomic mass is 32.2. The Kier molecular flexibility index (Phi) is 13.6. The molecule has 0 radical (unpaired) electrons. The summed E-state index contributed by atoms with van der Waals surface area (Å²) in [7, 11) is 3.00. The quantitative estimate of drug-likeness (QED) is 0.393. The average molecular weight is 417 g/mol. The predicted octanol–water partition coefficient (Wildman–Crippen LogP) is 5.09. The standard InChI is InChI=1S/C20H18O2S2.2CH5N/c1-3-7-19(8-4-1)23-15-21-17-11-13-18(14-12-17)22-16-24-20-9-5-2-6-10-20;2*1-2/h1-14H,15-16H2;2*2H2,1H3. The zero-order valence-electron chi connectivity index (χ0n) is 16.3. The Balaban J connectivity index is 0.000000921. The third-order valence-corrected chi connectivity index (χ3v) is 4.89. The topological polar surface area (TPSA) is 70.5 Å². The molecule has 3 rings (SSSR count). The van der Waals surface area contributed by atoms with Crippen molar-refractivity contribution < 1.29 is 9.47 Å². The molecule has 0 aliphatic carbocycles. The monoisotopic (exact) mass is 416 g/mol. The maximum atomic E-state index is 5.74. The first-order chi connectivity index (χ1) is 13.9. The predicted molar refractivity (Wildman–Crippen MR) is 122 cm³/mol. The van der Waals surface area contributed by atoms with Crippen LogP contribution in [0.3, 0.4) is 0 Å². The lowest BCUT2D eigenvalue weighted by Crippen LogP contribution is -1.94. The molecule has 150 valence electrons. The van der Waals surface area contributed by atoms with E-state index in [1.165, 1.54) is 23.9 Å². The highest BCUT2D eigenvalue weighted by molar-refractivity contribution is 7.99. The fourth-order valence-corrected chi connectivity index (χ4v) is 3.36. The molecular formula is C22H28N2O2S2. The molecule has 0 bridgehead atoms. The molecule has 0 saturated carbocycles. The lowest BCUT2D eigenvalue weighted by molar-refractivity contribution is 0.382. The third kappa shape index (κ3) is 9.71. The SMILES string of the molecule is CN.CN.c1ccc(SCOc2ccc(OCSc3ccccc3)cc2)cc1. The number of thioether (sulfide) groups is 2. The van der Waals surface area contributed by atoms with Crippen molar-refractivity contribution in [1.29, 1.82) is 0 Å². The van der Waals surface area contributed by atoms with E-state index in [9.17, 15) is 0 Å². The molecule has 0 aliphatic heterocycles. The van der Waals surface area contributed by atoms with E-state index in [-0.39, 0.29) is 0 Å². The van der Waals surface area contributed by atoms with Crippen LogP contribution in [0.15, 0.2) is 94.7 Å². The summed E-state index contributed by atoms with van der Waals surface area (Å²) in [6.07, 6.45) is 0. The molecule has 0 unspecified atom stereocenters. The molecule has 0 aliphatic rings. The summed E-state index contributed by atoms with van der Waals surface area (Å²) in [6, 6.07) is 28.2. The summed E-state index contributed by atoms with van der Waals surface area (Å²) in [6.45, 7) is 0. The van der Waals surface area contributed by atoms with Gasteiger partial charge in [0.25, 0.3) is 0 Å². The molecule has 0 spiro atoms. The minimum Gasteiger partial charge on any atom is -0.483 e. The summed E-state index contributed by atoms with van der Waals surface area (Å²) < 4.78 is 11.5. The van der Waals surface area contributed by atoms with Crippen molar-refractivity contribution in [2.24, 2.45) is 11.5 Å². The van der Waals surface area contributed by atoms with Gasteiger partial charge in [-0.05, 0) is 62.6 Å². The normalized spacial score (nSPS) is 9.29. The molecule has 0 amide bonds. The van der Waals surface area contributed by atoms with Gasteiger partial charge in [-0.1, -0.05) is 59.9 Å². The molecule has 3 aromatic carbocycles. The van der Waals surface area contributed by atoms with Gasteiger partial charge in [-0.25, -0.2) is 0 Å². The fraction of sp³-hybridized carbons (Fsp3) is 0.182. The van der Waals surface area contributed by atoms with Crippen LogP contribution in [0.5, 0.6) is 11.5 Å². The third-order valence-electron chi connectivity index (χ3n) is 3.21. The maximum absolute atomic E-state index is 5.74. The Morgan fingerprint density at radius 2 is 0.857 bits per heavy atom. The zero-order chi connectivity index (χ0) is 20.5. The van der Waals surface area contributed by atoms with Gasteiger partial charge in [0.2, 0.25) is 0 Å². The van der Waals surface area contributed by atoms with Crippen LogP contribution in [0.4, 0.5) is 0 Å². The molecule has 0 fully saturated rings. The van der Waals surface area contributed by atoms with Gasteiger partial charge in [-0.2, -0.15) is 0 Å². The maximum Gasteiger partial charge on any atom is 0.138 e. The van der Waals surface area contributed by atoms with Crippen LogP contribution >= 0.6 is 23.5 Å². The van der Waals surface area contributed by atoms with Crippen LogP contribution in [0.1, 0.15) is 0 Å². The van der Waals surface area contributed by atoms with E-state index in [0.717, 1.165) is 11.5 Å². The van der Waals surface area contributed by atoms with Gasteiger partial charge in [0.05, 0.1) is 0 Å². The first-order valence-corrected chi connectivity index (χ1v) is 10.7. The summed E-state index contributed by atoms with van der Waals surface area (Å²) in [5, 5.41) is 0. The number of hydrogen-bond acceptors (Lipinski definition) is 6. The number of hydrogen-bond donors (Lipinski definition) is 2. The highest BCUT2D eigenvalue weighted by Crippen LogP contribution is 2.23. The molecule has 0 atom stereocenters. The Morgan fingerprint density at radius 1 is 0.536 bits per heavy atom. The number of rotatable bonds is 8. The van der Waals surface area contributed by atoms with E-state index in [4.69, 9.17) is 9.47 Å². The number of nitrogens with two attached hydrogens (primary N) is 2. The van der Waals surface area contributed by atoms with Crippen LogP contribution in [0.2, 0.25) is 0 Å². The van der Waals surface area contributed by atoms with Crippen molar-refractivity contribution >= 4 is 23.5 Å². The van der Waals surface area contributed by atoms with Crippen LogP contribution in [-0.4, -0.2) is 26.0 Å². The molecule has 4 N–H and O–H groups in total. The molecule has 6 heteroatoms. The van der Waals surface area contributed by atoms with Crippen LogP contribution in [0.25, 0.3) is 0 Å². The van der Waals surface area contributed by atoms with Crippen molar-refractivity contribution in [3.63, 3.8) is 0 Å². The summed E-state index contributed by atoms with van der Waals surface area (Å²) in [5.74, 6) is 2.88. The van der Waals surface area contributed by atoms with Gasteiger partial charge in [0.15, 0.2) is 0 Å².